The summed E-state index contributed by atoms with van der Waals surface area (Å²) >= 11 is 7.80. The van der Waals surface area contributed by atoms with Crippen LogP contribution in [0.25, 0.3) is 10.2 Å². The van der Waals surface area contributed by atoms with Gasteiger partial charge in [0.2, 0.25) is 0 Å². The molecule has 3 aromatic rings. The highest BCUT2D eigenvalue weighted by molar-refractivity contribution is 7.22. The van der Waals surface area contributed by atoms with Crippen molar-refractivity contribution in [1.29, 1.82) is 0 Å². The van der Waals surface area contributed by atoms with Crippen LogP contribution in [0, 0.1) is 6.92 Å². The van der Waals surface area contributed by atoms with Crippen LogP contribution in [0.4, 0.5) is 5.13 Å². The Bertz CT molecular complexity index is 721. The van der Waals surface area contributed by atoms with E-state index >= 15 is 0 Å². The van der Waals surface area contributed by atoms with E-state index in [2.05, 4.69) is 35.4 Å². The van der Waals surface area contributed by atoms with E-state index in [0.717, 1.165) is 21.2 Å². The van der Waals surface area contributed by atoms with Crippen molar-refractivity contribution >= 4 is 38.3 Å². The Morgan fingerprint density at radius 1 is 1.21 bits per heavy atom. The number of hydrogen-bond acceptors (Lipinski definition) is 3. The molecule has 0 radical (unpaired) electrons. The molecule has 0 spiro atoms. The van der Waals surface area contributed by atoms with E-state index in [1.807, 2.05) is 24.3 Å². The van der Waals surface area contributed by atoms with E-state index in [1.165, 1.54) is 10.3 Å². The highest BCUT2D eigenvalue weighted by atomic mass is 35.5. The van der Waals surface area contributed by atoms with Crippen LogP contribution in [0.1, 0.15) is 11.1 Å². The highest BCUT2D eigenvalue weighted by Crippen LogP contribution is 2.27. The Balaban J connectivity index is 1.80. The molecule has 0 aliphatic heterocycles. The average Bonchev–Trinajstić information content (AvgIpc) is 2.79. The molecule has 19 heavy (non-hydrogen) atoms. The molecule has 0 fully saturated rings. The molecule has 0 unspecified atom stereocenters. The summed E-state index contributed by atoms with van der Waals surface area (Å²) in [7, 11) is 0. The third-order valence-corrected chi connectivity index (χ3v) is 4.28. The third kappa shape index (κ3) is 2.72. The fraction of sp³-hybridized carbons (Fsp3) is 0.133. The van der Waals surface area contributed by atoms with Gasteiger partial charge in [-0.2, -0.15) is 0 Å². The lowest BCUT2D eigenvalue weighted by molar-refractivity contribution is 1.14. The zero-order valence-corrected chi connectivity index (χ0v) is 12.1. The lowest BCUT2D eigenvalue weighted by atomic mass is 10.2. The highest BCUT2D eigenvalue weighted by Gasteiger charge is 2.04. The van der Waals surface area contributed by atoms with E-state index in [0.29, 0.717) is 6.54 Å². The van der Waals surface area contributed by atoms with Crippen LogP contribution in [0.15, 0.2) is 42.5 Å². The number of fused-ring (bicyclic) bond motifs is 1. The molecule has 1 N–H and O–H groups in total. The first-order valence-corrected chi connectivity index (χ1v) is 7.26. The molecule has 96 valence electrons. The van der Waals surface area contributed by atoms with Crippen LogP contribution in [0.5, 0.6) is 0 Å². The molecule has 2 aromatic carbocycles. The number of nitrogens with zero attached hydrogens (tertiary/aromatic N) is 1. The summed E-state index contributed by atoms with van der Waals surface area (Å²) < 4.78 is 1.21. The van der Waals surface area contributed by atoms with Gasteiger partial charge >= 0.3 is 0 Å². The minimum atomic E-state index is 0.693. The smallest absolute Gasteiger partial charge is 0.184 e. The predicted molar refractivity (Wildman–Crippen MR) is 83.1 cm³/mol. The van der Waals surface area contributed by atoms with Crippen LogP contribution in [0.2, 0.25) is 5.02 Å². The maximum atomic E-state index is 6.13. The number of aryl methyl sites for hydroxylation is 1. The summed E-state index contributed by atoms with van der Waals surface area (Å²) in [5.41, 5.74) is 3.38. The second kappa shape index (κ2) is 5.19. The van der Waals surface area contributed by atoms with Gasteiger partial charge in [-0.05, 0) is 36.2 Å². The molecular formula is C15H13ClN2S. The summed E-state index contributed by atoms with van der Waals surface area (Å²) in [6, 6.07) is 14.2. The summed E-state index contributed by atoms with van der Waals surface area (Å²) in [5, 5.41) is 5.05. The Morgan fingerprint density at radius 3 is 2.89 bits per heavy atom. The number of nitrogens with one attached hydrogen (secondary N) is 1. The fourth-order valence-electron chi connectivity index (χ4n) is 1.92. The molecule has 0 aliphatic carbocycles. The minimum Gasteiger partial charge on any atom is -0.357 e. The number of rotatable bonds is 3. The van der Waals surface area contributed by atoms with Crippen molar-refractivity contribution in [3.8, 4) is 0 Å². The minimum absolute atomic E-state index is 0.693. The van der Waals surface area contributed by atoms with Gasteiger partial charge in [-0.1, -0.05) is 47.2 Å². The molecular weight excluding hydrogens is 276 g/mol. The summed E-state index contributed by atoms with van der Waals surface area (Å²) in [6.07, 6.45) is 0. The Morgan fingerprint density at radius 2 is 2.05 bits per heavy atom. The molecule has 2 nitrogen and oxygen atoms in total. The lowest BCUT2D eigenvalue weighted by Gasteiger charge is -2.04. The van der Waals surface area contributed by atoms with Crippen molar-refractivity contribution in [3.05, 3.63) is 58.6 Å². The molecule has 0 bridgehead atoms. The normalized spacial score (nSPS) is 10.8. The van der Waals surface area contributed by atoms with Gasteiger partial charge in [-0.25, -0.2) is 4.98 Å². The van der Waals surface area contributed by atoms with E-state index in [1.54, 1.807) is 11.3 Å². The predicted octanol–water partition coefficient (Wildman–Crippen LogP) is 4.87. The third-order valence-electron chi connectivity index (χ3n) is 2.93. The molecule has 0 saturated heterocycles. The maximum absolute atomic E-state index is 6.13. The Labute approximate surface area is 121 Å². The second-order valence-corrected chi connectivity index (χ2v) is 5.87. The SMILES string of the molecule is Cc1ccc2nc(NCc3ccccc3Cl)sc2c1. The van der Waals surface area contributed by atoms with Crippen LogP contribution in [0.3, 0.4) is 0 Å². The van der Waals surface area contributed by atoms with E-state index in [4.69, 9.17) is 11.6 Å². The number of benzene rings is 2. The average molecular weight is 289 g/mol. The van der Waals surface area contributed by atoms with Crippen molar-refractivity contribution in [1.82, 2.24) is 4.98 Å². The quantitative estimate of drug-likeness (QED) is 0.744. The standard InChI is InChI=1S/C15H13ClN2S/c1-10-6-7-13-14(8-10)19-15(18-13)17-9-11-4-2-3-5-12(11)16/h2-8H,9H2,1H3,(H,17,18). The molecule has 0 aliphatic rings. The fourth-order valence-corrected chi connectivity index (χ4v) is 3.08. The van der Waals surface area contributed by atoms with Crippen molar-refractivity contribution in [2.75, 3.05) is 5.32 Å². The number of anilines is 1. The molecule has 4 heteroatoms. The molecule has 0 amide bonds. The van der Waals surface area contributed by atoms with Gasteiger partial charge in [0.15, 0.2) is 5.13 Å². The zero-order valence-electron chi connectivity index (χ0n) is 10.5. The van der Waals surface area contributed by atoms with Crippen molar-refractivity contribution in [2.24, 2.45) is 0 Å². The van der Waals surface area contributed by atoms with Crippen molar-refractivity contribution in [3.63, 3.8) is 0 Å². The number of aromatic nitrogens is 1. The number of halogens is 1. The topological polar surface area (TPSA) is 24.9 Å². The van der Waals surface area contributed by atoms with Crippen LogP contribution >= 0.6 is 22.9 Å². The molecule has 0 atom stereocenters. The Hall–Kier alpha value is -1.58. The summed E-state index contributed by atoms with van der Waals surface area (Å²) in [6.45, 7) is 2.79. The maximum Gasteiger partial charge on any atom is 0.184 e. The van der Waals surface area contributed by atoms with Gasteiger partial charge in [-0.3, -0.25) is 0 Å². The van der Waals surface area contributed by atoms with E-state index in [9.17, 15) is 0 Å². The van der Waals surface area contributed by atoms with Gasteiger partial charge in [0.25, 0.3) is 0 Å². The van der Waals surface area contributed by atoms with Crippen LogP contribution < -0.4 is 5.32 Å². The lowest BCUT2D eigenvalue weighted by Crippen LogP contribution is -1.99. The summed E-state index contributed by atoms with van der Waals surface area (Å²) in [4.78, 5) is 4.56. The van der Waals surface area contributed by atoms with Gasteiger partial charge < -0.3 is 5.32 Å². The summed E-state index contributed by atoms with van der Waals surface area (Å²) in [5.74, 6) is 0. The van der Waals surface area contributed by atoms with Gasteiger partial charge in [0.1, 0.15) is 0 Å². The van der Waals surface area contributed by atoms with Gasteiger partial charge in [0.05, 0.1) is 10.2 Å². The largest absolute Gasteiger partial charge is 0.357 e. The van der Waals surface area contributed by atoms with Crippen molar-refractivity contribution in [2.45, 2.75) is 13.5 Å². The first kappa shape index (κ1) is 12.5. The van der Waals surface area contributed by atoms with Crippen molar-refractivity contribution < 1.29 is 0 Å². The first-order chi connectivity index (χ1) is 9.22. The second-order valence-electron chi connectivity index (χ2n) is 4.44. The van der Waals surface area contributed by atoms with E-state index in [-0.39, 0.29) is 0 Å². The van der Waals surface area contributed by atoms with E-state index < -0.39 is 0 Å². The van der Waals surface area contributed by atoms with Gasteiger partial charge in [-0.15, -0.1) is 0 Å². The molecule has 1 aromatic heterocycles. The zero-order chi connectivity index (χ0) is 13.2. The number of thiazole rings is 1. The van der Waals surface area contributed by atoms with Gasteiger partial charge in [0, 0.05) is 11.6 Å². The Kier molecular flexibility index (Phi) is 3.40. The monoisotopic (exact) mass is 288 g/mol. The first-order valence-electron chi connectivity index (χ1n) is 6.07. The molecule has 0 saturated carbocycles. The van der Waals surface area contributed by atoms with Crippen LogP contribution in [-0.4, -0.2) is 4.98 Å². The van der Waals surface area contributed by atoms with Crippen LogP contribution in [-0.2, 0) is 6.54 Å². The molecule has 1 heterocycles. The number of hydrogen-bond donors (Lipinski definition) is 1. The molecule has 3 rings (SSSR count).